The molecule has 0 aliphatic heterocycles. The molecule has 7 heteroatoms. The standard InChI is InChI=1S/C17H12FN5O/c18-11-4-6-12(7-5-11)24-13-3-1-2-10(8-13)15-14(9-19)16(20)23-17(21)22-15/h1-8H,(H4,20,21,22,23). The summed E-state index contributed by atoms with van der Waals surface area (Å²) in [7, 11) is 0. The van der Waals surface area contributed by atoms with Crippen molar-refractivity contribution >= 4 is 11.8 Å². The van der Waals surface area contributed by atoms with Crippen molar-refractivity contribution < 1.29 is 9.13 Å². The number of ether oxygens (including phenoxy) is 1. The molecule has 24 heavy (non-hydrogen) atoms. The summed E-state index contributed by atoms with van der Waals surface area (Å²) in [5.74, 6) is 0.632. The van der Waals surface area contributed by atoms with Crippen LogP contribution in [-0.4, -0.2) is 9.97 Å². The molecule has 4 N–H and O–H groups in total. The van der Waals surface area contributed by atoms with E-state index in [0.717, 1.165) is 0 Å². The van der Waals surface area contributed by atoms with Crippen LogP contribution in [0, 0.1) is 17.1 Å². The molecule has 1 aromatic heterocycles. The Bertz CT molecular complexity index is 935. The summed E-state index contributed by atoms with van der Waals surface area (Å²) in [5.41, 5.74) is 12.4. The highest BCUT2D eigenvalue weighted by atomic mass is 19.1. The van der Waals surface area contributed by atoms with E-state index in [2.05, 4.69) is 9.97 Å². The van der Waals surface area contributed by atoms with Gasteiger partial charge in [-0.05, 0) is 36.4 Å². The van der Waals surface area contributed by atoms with Gasteiger partial charge in [-0.15, -0.1) is 0 Å². The van der Waals surface area contributed by atoms with Gasteiger partial charge in [-0.2, -0.15) is 10.2 Å². The second-order valence-corrected chi connectivity index (χ2v) is 4.89. The summed E-state index contributed by atoms with van der Waals surface area (Å²) in [6, 6.07) is 14.5. The van der Waals surface area contributed by atoms with Gasteiger partial charge in [0, 0.05) is 5.56 Å². The number of halogens is 1. The van der Waals surface area contributed by atoms with Gasteiger partial charge in [-0.1, -0.05) is 12.1 Å². The van der Waals surface area contributed by atoms with Gasteiger partial charge in [0.2, 0.25) is 5.95 Å². The van der Waals surface area contributed by atoms with Gasteiger partial charge in [-0.25, -0.2) is 9.37 Å². The Labute approximate surface area is 137 Å². The first-order valence-corrected chi connectivity index (χ1v) is 6.94. The van der Waals surface area contributed by atoms with Crippen molar-refractivity contribution in [1.29, 1.82) is 5.26 Å². The van der Waals surface area contributed by atoms with Crippen LogP contribution in [0.5, 0.6) is 11.5 Å². The summed E-state index contributed by atoms with van der Waals surface area (Å²) in [6.45, 7) is 0. The van der Waals surface area contributed by atoms with Gasteiger partial charge in [0.15, 0.2) is 0 Å². The van der Waals surface area contributed by atoms with Crippen molar-refractivity contribution in [3.63, 3.8) is 0 Å². The highest BCUT2D eigenvalue weighted by molar-refractivity contribution is 5.73. The van der Waals surface area contributed by atoms with Crippen molar-refractivity contribution in [2.75, 3.05) is 11.5 Å². The zero-order valence-corrected chi connectivity index (χ0v) is 12.4. The van der Waals surface area contributed by atoms with E-state index in [1.807, 2.05) is 6.07 Å². The molecule has 3 aromatic rings. The maximum atomic E-state index is 12.9. The van der Waals surface area contributed by atoms with Gasteiger partial charge < -0.3 is 16.2 Å². The molecule has 0 radical (unpaired) electrons. The molecule has 6 nitrogen and oxygen atoms in total. The highest BCUT2D eigenvalue weighted by Crippen LogP contribution is 2.30. The molecule has 118 valence electrons. The Morgan fingerprint density at radius 2 is 1.75 bits per heavy atom. The Kier molecular flexibility index (Phi) is 3.95. The fourth-order valence-electron chi connectivity index (χ4n) is 2.16. The van der Waals surface area contributed by atoms with Crippen LogP contribution in [0.25, 0.3) is 11.3 Å². The molecule has 0 spiro atoms. The van der Waals surface area contributed by atoms with Crippen molar-refractivity contribution in [1.82, 2.24) is 9.97 Å². The number of hydrogen-bond acceptors (Lipinski definition) is 6. The number of benzene rings is 2. The van der Waals surface area contributed by atoms with Gasteiger partial charge in [0.05, 0.1) is 5.69 Å². The average Bonchev–Trinajstić information content (AvgIpc) is 2.57. The van der Waals surface area contributed by atoms with Gasteiger partial charge in [0.1, 0.15) is 34.8 Å². The van der Waals surface area contributed by atoms with Crippen LogP contribution in [0.3, 0.4) is 0 Å². The van der Waals surface area contributed by atoms with E-state index < -0.39 is 0 Å². The Balaban J connectivity index is 2.00. The number of anilines is 2. The predicted molar refractivity (Wildman–Crippen MR) is 87.5 cm³/mol. The van der Waals surface area contributed by atoms with E-state index in [4.69, 9.17) is 16.2 Å². The number of aromatic nitrogens is 2. The quantitative estimate of drug-likeness (QED) is 0.766. The first-order chi connectivity index (χ1) is 11.6. The number of rotatable bonds is 3. The molecular weight excluding hydrogens is 309 g/mol. The van der Waals surface area contributed by atoms with Crippen molar-refractivity contribution in [2.45, 2.75) is 0 Å². The maximum absolute atomic E-state index is 12.9. The van der Waals surface area contributed by atoms with E-state index in [1.165, 1.54) is 24.3 Å². The molecular formula is C17H12FN5O. The zero-order chi connectivity index (χ0) is 17.1. The van der Waals surface area contributed by atoms with Crippen LogP contribution in [-0.2, 0) is 0 Å². The minimum atomic E-state index is -0.346. The van der Waals surface area contributed by atoms with Crippen molar-refractivity contribution in [3.05, 3.63) is 59.9 Å². The van der Waals surface area contributed by atoms with E-state index in [1.54, 1.807) is 24.3 Å². The molecule has 0 bridgehead atoms. The van der Waals surface area contributed by atoms with Gasteiger partial charge >= 0.3 is 0 Å². The third-order valence-corrected chi connectivity index (χ3v) is 3.22. The first kappa shape index (κ1) is 15.2. The van der Waals surface area contributed by atoms with E-state index in [0.29, 0.717) is 22.8 Å². The van der Waals surface area contributed by atoms with Gasteiger partial charge in [0.25, 0.3) is 0 Å². The van der Waals surface area contributed by atoms with E-state index in [-0.39, 0.29) is 23.1 Å². The summed E-state index contributed by atoms with van der Waals surface area (Å²) >= 11 is 0. The molecule has 1 heterocycles. The lowest BCUT2D eigenvalue weighted by atomic mass is 10.1. The lowest BCUT2D eigenvalue weighted by Gasteiger charge is -2.09. The second-order valence-electron chi connectivity index (χ2n) is 4.89. The number of nitrogens with two attached hydrogens (primary N) is 2. The molecule has 3 rings (SSSR count). The Morgan fingerprint density at radius 1 is 1.00 bits per heavy atom. The number of nitrogen functional groups attached to an aromatic ring is 2. The lowest BCUT2D eigenvalue weighted by Crippen LogP contribution is -2.05. The number of nitrogens with zero attached hydrogens (tertiary/aromatic N) is 3. The van der Waals surface area contributed by atoms with Crippen LogP contribution >= 0.6 is 0 Å². The number of nitriles is 1. The summed E-state index contributed by atoms with van der Waals surface area (Å²) in [4.78, 5) is 7.88. The van der Waals surface area contributed by atoms with Crippen LogP contribution in [0.1, 0.15) is 5.56 Å². The minimum absolute atomic E-state index is 0.0184. The van der Waals surface area contributed by atoms with Crippen molar-refractivity contribution in [2.24, 2.45) is 0 Å². The fourth-order valence-corrected chi connectivity index (χ4v) is 2.16. The van der Waals surface area contributed by atoms with Crippen LogP contribution in [0.2, 0.25) is 0 Å². The Morgan fingerprint density at radius 3 is 2.46 bits per heavy atom. The topological polar surface area (TPSA) is 111 Å². The zero-order valence-electron chi connectivity index (χ0n) is 12.4. The summed E-state index contributed by atoms with van der Waals surface area (Å²) in [6.07, 6.45) is 0. The molecule has 0 atom stereocenters. The molecule has 2 aromatic carbocycles. The highest BCUT2D eigenvalue weighted by Gasteiger charge is 2.13. The van der Waals surface area contributed by atoms with Crippen LogP contribution in [0.4, 0.5) is 16.2 Å². The monoisotopic (exact) mass is 321 g/mol. The summed E-state index contributed by atoms with van der Waals surface area (Å²) < 4.78 is 18.6. The van der Waals surface area contributed by atoms with Crippen LogP contribution in [0.15, 0.2) is 48.5 Å². The molecule has 0 aliphatic carbocycles. The lowest BCUT2D eigenvalue weighted by molar-refractivity contribution is 0.481. The largest absolute Gasteiger partial charge is 0.457 e. The molecule has 0 aliphatic rings. The molecule has 0 saturated heterocycles. The number of hydrogen-bond donors (Lipinski definition) is 2. The molecule has 0 unspecified atom stereocenters. The molecule has 0 saturated carbocycles. The molecule has 0 fully saturated rings. The predicted octanol–water partition coefficient (Wildman–Crippen LogP) is 3.11. The van der Waals surface area contributed by atoms with Gasteiger partial charge in [-0.3, -0.25) is 0 Å². The minimum Gasteiger partial charge on any atom is -0.457 e. The van der Waals surface area contributed by atoms with E-state index >= 15 is 0 Å². The smallest absolute Gasteiger partial charge is 0.222 e. The van der Waals surface area contributed by atoms with E-state index in [9.17, 15) is 9.65 Å². The van der Waals surface area contributed by atoms with Crippen molar-refractivity contribution in [3.8, 4) is 28.8 Å². The third kappa shape index (κ3) is 3.08. The maximum Gasteiger partial charge on any atom is 0.222 e. The van der Waals surface area contributed by atoms with Crippen LogP contribution < -0.4 is 16.2 Å². The first-order valence-electron chi connectivity index (χ1n) is 6.94. The fraction of sp³-hybridized carbons (Fsp3) is 0. The average molecular weight is 321 g/mol. The Hall–Kier alpha value is -3.66. The molecule has 0 amide bonds. The summed E-state index contributed by atoms with van der Waals surface area (Å²) in [5, 5.41) is 9.26. The SMILES string of the molecule is N#Cc1c(N)nc(N)nc1-c1cccc(Oc2ccc(F)cc2)c1. The normalized spacial score (nSPS) is 10.2. The third-order valence-electron chi connectivity index (χ3n) is 3.22. The second kappa shape index (κ2) is 6.22.